The van der Waals surface area contributed by atoms with Gasteiger partial charge in [-0.15, -0.1) is 13.2 Å². The first-order valence-electron chi connectivity index (χ1n) is 7.45. The standard InChI is InChI=1S/C16H22N2O5/c1-4-6-17-15(20)11(3)9-18(16(17)21)14-8-12(19)13(23-14)10-22-7-5-2/h4-5,9,12-14,19H,1-2,6-8,10H2,3H3/t12-,13+,14+/m0/s1. The zero-order valence-electron chi connectivity index (χ0n) is 13.2. The summed E-state index contributed by atoms with van der Waals surface area (Å²) in [5, 5.41) is 10.1. The van der Waals surface area contributed by atoms with Crippen molar-refractivity contribution in [3.8, 4) is 0 Å². The number of nitrogens with zero attached hydrogens (tertiary/aromatic N) is 2. The van der Waals surface area contributed by atoms with Crippen molar-refractivity contribution in [3.63, 3.8) is 0 Å². The maximum Gasteiger partial charge on any atom is 0.333 e. The molecule has 1 aromatic heterocycles. The molecule has 1 aromatic rings. The summed E-state index contributed by atoms with van der Waals surface area (Å²) in [4.78, 5) is 24.5. The normalized spacial score (nSPS) is 23.8. The highest BCUT2D eigenvalue weighted by Gasteiger charge is 2.35. The van der Waals surface area contributed by atoms with Gasteiger partial charge in [0.25, 0.3) is 5.56 Å². The van der Waals surface area contributed by atoms with E-state index in [4.69, 9.17) is 9.47 Å². The molecule has 1 fully saturated rings. The number of ether oxygens (including phenoxy) is 2. The number of aliphatic hydroxyl groups excluding tert-OH is 1. The van der Waals surface area contributed by atoms with Gasteiger partial charge >= 0.3 is 5.69 Å². The molecule has 2 heterocycles. The summed E-state index contributed by atoms with van der Waals surface area (Å²) in [6, 6.07) is 0. The minimum absolute atomic E-state index is 0.125. The number of aryl methyl sites for hydroxylation is 1. The molecule has 7 nitrogen and oxygen atoms in total. The summed E-state index contributed by atoms with van der Waals surface area (Å²) >= 11 is 0. The van der Waals surface area contributed by atoms with E-state index in [1.54, 1.807) is 13.0 Å². The molecule has 0 amide bonds. The third-order valence-electron chi connectivity index (χ3n) is 3.71. The second-order valence-electron chi connectivity index (χ2n) is 5.46. The Morgan fingerprint density at radius 2 is 2.17 bits per heavy atom. The van der Waals surface area contributed by atoms with Crippen LogP contribution in [0, 0.1) is 6.92 Å². The van der Waals surface area contributed by atoms with Gasteiger partial charge in [-0.3, -0.25) is 13.9 Å². The Morgan fingerprint density at radius 3 is 2.83 bits per heavy atom. The Bertz CT molecular complexity index is 691. The highest BCUT2D eigenvalue weighted by molar-refractivity contribution is 5.04. The summed E-state index contributed by atoms with van der Waals surface area (Å²) in [7, 11) is 0. The lowest BCUT2D eigenvalue weighted by Gasteiger charge is -2.17. The van der Waals surface area contributed by atoms with Crippen LogP contribution in [0.3, 0.4) is 0 Å². The van der Waals surface area contributed by atoms with Crippen LogP contribution in [0.25, 0.3) is 0 Å². The van der Waals surface area contributed by atoms with Crippen LogP contribution in [-0.4, -0.2) is 39.7 Å². The average molecular weight is 322 g/mol. The molecule has 23 heavy (non-hydrogen) atoms. The Hall–Kier alpha value is -1.96. The minimum atomic E-state index is -0.739. The molecule has 1 N–H and O–H groups in total. The van der Waals surface area contributed by atoms with Crippen LogP contribution in [0.15, 0.2) is 41.1 Å². The van der Waals surface area contributed by atoms with Crippen LogP contribution < -0.4 is 11.2 Å². The zero-order chi connectivity index (χ0) is 17.0. The number of rotatable bonds is 7. The fourth-order valence-electron chi connectivity index (χ4n) is 2.56. The molecule has 2 rings (SSSR count). The lowest BCUT2D eigenvalue weighted by molar-refractivity contribution is -0.0599. The maximum atomic E-state index is 12.5. The largest absolute Gasteiger partial charge is 0.390 e. The summed E-state index contributed by atoms with van der Waals surface area (Å²) in [5.74, 6) is 0. The first-order chi connectivity index (χ1) is 11.0. The lowest BCUT2D eigenvalue weighted by Crippen LogP contribution is -2.41. The number of aromatic nitrogens is 2. The molecule has 0 spiro atoms. The molecule has 126 valence electrons. The van der Waals surface area contributed by atoms with Crippen LogP contribution in [0.2, 0.25) is 0 Å². The number of aliphatic hydroxyl groups is 1. The van der Waals surface area contributed by atoms with Crippen molar-refractivity contribution in [3.05, 3.63) is 57.9 Å². The van der Waals surface area contributed by atoms with Crippen molar-refractivity contribution in [2.45, 2.75) is 38.3 Å². The van der Waals surface area contributed by atoms with Crippen molar-refractivity contribution in [1.29, 1.82) is 0 Å². The van der Waals surface area contributed by atoms with E-state index in [0.717, 1.165) is 4.57 Å². The molecule has 0 bridgehead atoms. The van der Waals surface area contributed by atoms with Crippen LogP contribution in [-0.2, 0) is 16.0 Å². The second-order valence-corrected chi connectivity index (χ2v) is 5.46. The summed E-state index contributed by atoms with van der Waals surface area (Å²) in [6.07, 6.45) is 2.93. The van der Waals surface area contributed by atoms with E-state index in [0.29, 0.717) is 12.2 Å². The van der Waals surface area contributed by atoms with Gasteiger partial charge in [0.05, 0.1) is 19.3 Å². The van der Waals surface area contributed by atoms with Crippen molar-refractivity contribution in [2.75, 3.05) is 13.2 Å². The molecule has 1 aliphatic heterocycles. The number of hydrogen-bond acceptors (Lipinski definition) is 5. The van der Waals surface area contributed by atoms with Gasteiger partial charge in [-0.05, 0) is 6.92 Å². The number of allylic oxidation sites excluding steroid dienone is 1. The summed E-state index contributed by atoms with van der Waals surface area (Å²) in [6.45, 7) is 9.44. The van der Waals surface area contributed by atoms with Crippen LogP contribution in [0.4, 0.5) is 0 Å². The van der Waals surface area contributed by atoms with E-state index in [1.165, 1.54) is 16.8 Å². The first kappa shape index (κ1) is 17.4. The van der Waals surface area contributed by atoms with E-state index >= 15 is 0 Å². The maximum absolute atomic E-state index is 12.5. The molecular weight excluding hydrogens is 300 g/mol. The van der Waals surface area contributed by atoms with E-state index in [1.807, 2.05) is 0 Å². The van der Waals surface area contributed by atoms with E-state index in [9.17, 15) is 14.7 Å². The Kier molecular flexibility index (Phi) is 5.70. The molecule has 0 aliphatic carbocycles. The Balaban J connectivity index is 2.26. The number of hydrogen-bond donors (Lipinski definition) is 1. The zero-order valence-corrected chi connectivity index (χ0v) is 13.2. The molecular formula is C16H22N2O5. The average Bonchev–Trinajstić information content (AvgIpc) is 2.88. The topological polar surface area (TPSA) is 82.7 Å². The quantitative estimate of drug-likeness (QED) is 0.579. The second kappa shape index (κ2) is 7.54. The third kappa shape index (κ3) is 3.69. The SMILES string of the molecule is C=CCOC[C@H]1O[C@@H](n2cc(C)c(=O)n(CC=C)c2=O)C[C@@H]1O. The van der Waals surface area contributed by atoms with Gasteiger partial charge in [-0.25, -0.2) is 4.79 Å². The van der Waals surface area contributed by atoms with Crippen molar-refractivity contribution in [2.24, 2.45) is 0 Å². The van der Waals surface area contributed by atoms with Crippen molar-refractivity contribution in [1.82, 2.24) is 9.13 Å². The predicted molar refractivity (Wildman–Crippen MR) is 85.4 cm³/mol. The van der Waals surface area contributed by atoms with Gasteiger partial charge < -0.3 is 14.6 Å². The smallest absolute Gasteiger partial charge is 0.333 e. The van der Waals surface area contributed by atoms with E-state index in [2.05, 4.69) is 13.2 Å². The van der Waals surface area contributed by atoms with Crippen molar-refractivity contribution >= 4 is 0 Å². The minimum Gasteiger partial charge on any atom is -0.390 e. The summed E-state index contributed by atoms with van der Waals surface area (Å²) in [5.41, 5.74) is -0.406. The Labute approximate surface area is 134 Å². The van der Waals surface area contributed by atoms with E-state index < -0.39 is 24.1 Å². The van der Waals surface area contributed by atoms with Gasteiger partial charge in [-0.2, -0.15) is 0 Å². The predicted octanol–water partition coefficient (Wildman–Crippen LogP) is 0.355. The fourth-order valence-corrected chi connectivity index (χ4v) is 2.56. The van der Waals surface area contributed by atoms with Crippen LogP contribution in [0.5, 0.6) is 0 Å². The molecule has 0 aromatic carbocycles. The molecule has 0 unspecified atom stereocenters. The van der Waals surface area contributed by atoms with Gasteiger partial charge in [0.15, 0.2) is 0 Å². The van der Waals surface area contributed by atoms with Gasteiger partial charge in [-0.1, -0.05) is 12.2 Å². The summed E-state index contributed by atoms with van der Waals surface area (Å²) < 4.78 is 13.5. The molecule has 0 radical (unpaired) electrons. The van der Waals surface area contributed by atoms with Gasteiger partial charge in [0.1, 0.15) is 12.3 Å². The van der Waals surface area contributed by atoms with Gasteiger partial charge in [0.2, 0.25) is 0 Å². The molecule has 0 saturated carbocycles. The lowest BCUT2D eigenvalue weighted by atomic mass is 10.2. The molecule has 1 aliphatic rings. The van der Waals surface area contributed by atoms with Crippen LogP contribution >= 0.6 is 0 Å². The monoisotopic (exact) mass is 322 g/mol. The molecule has 1 saturated heterocycles. The van der Waals surface area contributed by atoms with Crippen molar-refractivity contribution < 1.29 is 14.6 Å². The highest BCUT2D eigenvalue weighted by Crippen LogP contribution is 2.27. The third-order valence-corrected chi connectivity index (χ3v) is 3.71. The first-order valence-corrected chi connectivity index (χ1v) is 7.45. The molecule has 7 heteroatoms. The Morgan fingerprint density at radius 1 is 1.43 bits per heavy atom. The highest BCUT2D eigenvalue weighted by atomic mass is 16.6. The van der Waals surface area contributed by atoms with Crippen LogP contribution in [0.1, 0.15) is 18.2 Å². The van der Waals surface area contributed by atoms with E-state index in [-0.39, 0.29) is 25.1 Å². The molecule has 3 atom stereocenters. The fraction of sp³-hybridized carbons (Fsp3) is 0.500. The van der Waals surface area contributed by atoms with Gasteiger partial charge in [0, 0.05) is 24.7 Å².